The second-order valence-corrected chi connectivity index (χ2v) is 12.0. The molecule has 1 heteroatoms. The summed E-state index contributed by atoms with van der Waals surface area (Å²) in [7, 11) is 0. The van der Waals surface area contributed by atoms with Gasteiger partial charge in [0.25, 0.3) is 0 Å². The highest BCUT2D eigenvalue weighted by molar-refractivity contribution is 5.97. The van der Waals surface area contributed by atoms with E-state index in [-0.39, 0.29) is 0 Å². The lowest BCUT2D eigenvalue weighted by molar-refractivity contribution is 0.768. The third-order valence-corrected chi connectivity index (χ3v) is 9.54. The van der Waals surface area contributed by atoms with Crippen LogP contribution < -0.4 is 4.90 Å². The van der Waals surface area contributed by atoms with Gasteiger partial charge in [0.15, 0.2) is 0 Å². The molecule has 1 aliphatic rings. The van der Waals surface area contributed by atoms with Crippen molar-refractivity contribution >= 4 is 17.1 Å². The summed E-state index contributed by atoms with van der Waals surface area (Å²) in [4.78, 5) is 2.44. The maximum absolute atomic E-state index is 2.44. The molecule has 7 aromatic rings. The van der Waals surface area contributed by atoms with Gasteiger partial charge in [-0.25, -0.2) is 0 Å². The van der Waals surface area contributed by atoms with Crippen molar-refractivity contribution in [2.45, 2.75) is 18.8 Å². The van der Waals surface area contributed by atoms with Crippen LogP contribution in [-0.2, 0) is 11.8 Å². The highest BCUT2D eigenvalue weighted by Gasteiger charge is 2.47. The Bertz CT molecular complexity index is 2060. The summed E-state index contributed by atoms with van der Waals surface area (Å²) in [5.74, 6) is 0. The predicted molar refractivity (Wildman–Crippen MR) is 193 cm³/mol. The van der Waals surface area contributed by atoms with Gasteiger partial charge in [-0.15, -0.1) is 0 Å². The van der Waals surface area contributed by atoms with Crippen LogP contribution >= 0.6 is 0 Å². The van der Waals surface area contributed by atoms with Crippen LogP contribution in [0.5, 0.6) is 0 Å². The van der Waals surface area contributed by atoms with Crippen molar-refractivity contribution in [3.8, 4) is 22.3 Å². The number of hydrogen-bond acceptors (Lipinski definition) is 1. The first-order chi connectivity index (χ1) is 22.8. The number of anilines is 3. The lowest BCUT2D eigenvalue weighted by Crippen LogP contribution is -2.28. The minimum atomic E-state index is -0.445. The molecule has 0 atom stereocenters. The third-order valence-electron chi connectivity index (χ3n) is 9.54. The molecule has 0 fully saturated rings. The van der Waals surface area contributed by atoms with Gasteiger partial charge in [0.1, 0.15) is 0 Å². The summed E-state index contributed by atoms with van der Waals surface area (Å²) >= 11 is 0. The van der Waals surface area contributed by atoms with Crippen LogP contribution in [0.4, 0.5) is 17.1 Å². The average molecular weight is 590 g/mol. The molecule has 0 spiro atoms. The second kappa shape index (κ2) is 11.7. The van der Waals surface area contributed by atoms with Crippen LogP contribution in [0.1, 0.15) is 34.7 Å². The number of benzene rings is 7. The van der Waals surface area contributed by atoms with Gasteiger partial charge < -0.3 is 4.90 Å². The van der Waals surface area contributed by atoms with Crippen molar-refractivity contribution in [3.63, 3.8) is 0 Å². The van der Waals surface area contributed by atoms with Gasteiger partial charge in [0, 0.05) is 16.9 Å². The Morgan fingerprint density at radius 3 is 1.54 bits per heavy atom. The lowest BCUT2D eigenvalue weighted by atomic mass is 9.68. The van der Waals surface area contributed by atoms with Crippen LogP contribution in [0.15, 0.2) is 182 Å². The molecule has 0 saturated heterocycles. The highest BCUT2D eigenvalue weighted by atomic mass is 15.1. The zero-order chi connectivity index (χ0) is 30.9. The molecule has 0 heterocycles. The standard InChI is InChI=1S/C45H35N/c1-2-33-25-29-38(30-26-33)46(39-31-27-35(28-32-39)34-15-6-3-7-16-34)43-24-14-23-42-44(43)40-21-12-13-22-41(40)45(42,36-17-8-4-9-18-36)37-19-10-5-11-20-37/h3-32H,2H2,1H3. The van der Waals surface area contributed by atoms with E-state index in [1.54, 1.807) is 0 Å². The predicted octanol–water partition coefficient (Wildman–Crippen LogP) is 11.7. The first-order valence-corrected chi connectivity index (χ1v) is 16.2. The van der Waals surface area contributed by atoms with Gasteiger partial charge >= 0.3 is 0 Å². The SMILES string of the molecule is CCc1ccc(N(c2ccc(-c3ccccc3)cc2)c2cccc3c2-c2ccccc2C3(c2ccccc2)c2ccccc2)cc1. The molecule has 0 saturated carbocycles. The van der Waals surface area contributed by atoms with E-state index in [9.17, 15) is 0 Å². The van der Waals surface area contributed by atoms with Gasteiger partial charge in [-0.2, -0.15) is 0 Å². The Morgan fingerprint density at radius 1 is 0.435 bits per heavy atom. The summed E-state index contributed by atoms with van der Waals surface area (Å²) in [6.07, 6.45) is 1.01. The van der Waals surface area contributed by atoms with E-state index in [0.29, 0.717) is 0 Å². The number of fused-ring (bicyclic) bond motifs is 3. The van der Waals surface area contributed by atoms with Crippen LogP contribution in [0.2, 0.25) is 0 Å². The van der Waals surface area contributed by atoms with Gasteiger partial charge in [-0.1, -0.05) is 159 Å². The minimum absolute atomic E-state index is 0.445. The zero-order valence-electron chi connectivity index (χ0n) is 26.0. The Hall–Kier alpha value is -5.66. The minimum Gasteiger partial charge on any atom is -0.310 e. The molecule has 220 valence electrons. The molecule has 46 heavy (non-hydrogen) atoms. The zero-order valence-corrected chi connectivity index (χ0v) is 26.0. The molecule has 0 aliphatic heterocycles. The van der Waals surface area contributed by atoms with E-state index >= 15 is 0 Å². The normalized spacial score (nSPS) is 12.7. The first kappa shape index (κ1) is 27.9. The molecule has 8 rings (SSSR count). The summed E-state index contributed by atoms with van der Waals surface area (Å²) in [6.45, 7) is 2.21. The number of hydrogen-bond donors (Lipinski definition) is 0. The van der Waals surface area contributed by atoms with Gasteiger partial charge in [-0.3, -0.25) is 0 Å². The molecule has 0 bridgehead atoms. The molecule has 1 aliphatic carbocycles. The lowest BCUT2D eigenvalue weighted by Gasteiger charge is -2.34. The van der Waals surface area contributed by atoms with Crippen molar-refractivity contribution in [3.05, 3.63) is 210 Å². The molecular weight excluding hydrogens is 555 g/mol. The Balaban J connectivity index is 1.40. The first-order valence-electron chi connectivity index (χ1n) is 16.2. The van der Waals surface area contributed by atoms with Crippen LogP contribution in [0, 0.1) is 0 Å². The van der Waals surface area contributed by atoms with Gasteiger partial charge in [-0.05, 0) is 81.3 Å². The monoisotopic (exact) mass is 589 g/mol. The molecule has 0 amide bonds. The summed E-state index contributed by atoms with van der Waals surface area (Å²) < 4.78 is 0. The van der Waals surface area contributed by atoms with Crippen LogP contribution in [-0.4, -0.2) is 0 Å². The number of aryl methyl sites for hydroxylation is 1. The molecule has 0 unspecified atom stereocenters. The maximum Gasteiger partial charge on any atom is 0.0714 e. The van der Waals surface area contributed by atoms with Crippen molar-refractivity contribution in [1.82, 2.24) is 0 Å². The quantitative estimate of drug-likeness (QED) is 0.179. The van der Waals surface area contributed by atoms with E-state index in [1.807, 2.05) is 0 Å². The average Bonchev–Trinajstić information content (AvgIpc) is 3.45. The molecule has 0 radical (unpaired) electrons. The fourth-order valence-corrected chi connectivity index (χ4v) is 7.40. The van der Waals surface area contributed by atoms with Crippen LogP contribution in [0.25, 0.3) is 22.3 Å². The van der Waals surface area contributed by atoms with Crippen molar-refractivity contribution in [2.75, 3.05) is 4.90 Å². The fraction of sp³-hybridized carbons (Fsp3) is 0.0667. The smallest absolute Gasteiger partial charge is 0.0714 e. The second-order valence-electron chi connectivity index (χ2n) is 12.0. The molecular formula is C45H35N. The van der Waals surface area contributed by atoms with Crippen molar-refractivity contribution in [1.29, 1.82) is 0 Å². The summed E-state index contributed by atoms with van der Waals surface area (Å²) in [5, 5.41) is 0. The van der Waals surface area contributed by atoms with E-state index in [1.165, 1.54) is 55.8 Å². The van der Waals surface area contributed by atoms with Gasteiger partial charge in [0.2, 0.25) is 0 Å². The number of nitrogens with zero attached hydrogens (tertiary/aromatic N) is 1. The largest absolute Gasteiger partial charge is 0.310 e. The highest BCUT2D eigenvalue weighted by Crippen LogP contribution is 2.59. The van der Waals surface area contributed by atoms with E-state index < -0.39 is 5.41 Å². The molecule has 0 aromatic heterocycles. The third kappa shape index (κ3) is 4.47. The molecule has 1 nitrogen and oxygen atoms in total. The Labute approximate surface area is 272 Å². The van der Waals surface area contributed by atoms with Crippen molar-refractivity contribution < 1.29 is 0 Å². The fourth-order valence-electron chi connectivity index (χ4n) is 7.40. The van der Waals surface area contributed by atoms with E-state index in [2.05, 4.69) is 194 Å². The topological polar surface area (TPSA) is 3.24 Å². The van der Waals surface area contributed by atoms with E-state index in [0.717, 1.165) is 17.8 Å². The Morgan fingerprint density at radius 2 is 0.935 bits per heavy atom. The van der Waals surface area contributed by atoms with Crippen LogP contribution in [0.3, 0.4) is 0 Å². The molecule has 7 aromatic carbocycles. The number of rotatable bonds is 7. The van der Waals surface area contributed by atoms with E-state index in [4.69, 9.17) is 0 Å². The van der Waals surface area contributed by atoms with Gasteiger partial charge in [0.05, 0.1) is 11.1 Å². The Kier molecular flexibility index (Phi) is 7.08. The summed E-state index contributed by atoms with van der Waals surface area (Å²) in [5.41, 5.74) is 14.5. The van der Waals surface area contributed by atoms with Crippen molar-refractivity contribution in [2.24, 2.45) is 0 Å². The summed E-state index contributed by atoms with van der Waals surface area (Å²) in [6, 6.07) is 66.6. The molecule has 0 N–H and O–H groups in total. The maximum atomic E-state index is 2.44.